The van der Waals surface area contributed by atoms with Crippen molar-refractivity contribution >= 4 is 0 Å². The summed E-state index contributed by atoms with van der Waals surface area (Å²) in [5.41, 5.74) is 0. The van der Waals surface area contributed by atoms with Gasteiger partial charge in [-0.1, -0.05) is 0 Å². The van der Waals surface area contributed by atoms with Crippen molar-refractivity contribution in [1.29, 1.82) is 0 Å². The van der Waals surface area contributed by atoms with Crippen LogP contribution in [0.5, 0.6) is 0 Å². The Hall–Kier alpha value is -0.160. The highest BCUT2D eigenvalue weighted by Gasteiger charge is 2.40. The molecule has 2 rings (SSSR count). The highest BCUT2D eigenvalue weighted by atomic mass is 16.7. The van der Waals surface area contributed by atoms with E-state index in [2.05, 4.69) is 0 Å². The lowest BCUT2D eigenvalue weighted by Gasteiger charge is -2.41. The first-order valence-corrected chi connectivity index (χ1v) is 4.34. The molecule has 2 aliphatic heterocycles. The summed E-state index contributed by atoms with van der Waals surface area (Å²) < 4.78 is 16.2. The van der Waals surface area contributed by atoms with Crippen molar-refractivity contribution in [3.8, 4) is 0 Å². The van der Waals surface area contributed by atoms with Crippen LogP contribution in [0, 0.1) is 0 Å². The normalized spacial score (nSPS) is 43.2. The molecule has 1 spiro atoms. The zero-order valence-corrected chi connectivity index (χ0v) is 6.99. The third-order valence-electron chi connectivity index (χ3n) is 2.28. The minimum atomic E-state index is -0.643. The second-order valence-electron chi connectivity index (χ2n) is 3.31. The molecule has 2 saturated heterocycles. The maximum atomic E-state index is 9.41. The van der Waals surface area contributed by atoms with Gasteiger partial charge in [-0.2, -0.15) is 0 Å². The van der Waals surface area contributed by atoms with Gasteiger partial charge < -0.3 is 19.3 Å². The van der Waals surface area contributed by atoms with Gasteiger partial charge in [0.2, 0.25) is 0 Å². The van der Waals surface area contributed by atoms with Crippen molar-refractivity contribution in [2.75, 3.05) is 26.4 Å². The van der Waals surface area contributed by atoms with E-state index < -0.39 is 5.79 Å². The van der Waals surface area contributed by atoms with E-state index >= 15 is 0 Å². The fourth-order valence-electron chi connectivity index (χ4n) is 1.66. The quantitative estimate of drug-likeness (QED) is 0.557. The third kappa shape index (κ3) is 1.61. The highest BCUT2D eigenvalue weighted by molar-refractivity contribution is 4.80. The molecule has 0 aromatic heterocycles. The maximum absolute atomic E-state index is 9.41. The highest BCUT2D eigenvalue weighted by Crippen LogP contribution is 2.28. The van der Waals surface area contributed by atoms with Crippen molar-refractivity contribution in [2.24, 2.45) is 0 Å². The molecule has 0 radical (unpaired) electrons. The second kappa shape index (κ2) is 3.30. The smallest absolute Gasteiger partial charge is 0.194 e. The molecule has 2 atom stereocenters. The van der Waals surface area contributed by atoms with Crippen molar-refractivity contribution < 1.29 is 19.3 Å². The van der Waals surface area contributed by atoms with Gasteiger partial charge in [0.25, 0.3) is 0 Å². The van der Waals surface area contributed by atoms with Crippen molar-refractivity contribution in [2.45, 2.75) is 24.7 Å². The first-order chi connectivity index (χ1) is 5.81. The molecule has 0 amide bonds. The van der Waals surface area contributed by atoms with E-state index in [-0.39, 0.29) is 6.10 Å². The van der Waals surface area contributed by atoms with Crippen molar-refractivity contribution in [3.05, 3.63) is 0 Å². The Morgan fingerprint density at radius 2 is 2.00 bits per heavy atom. The monoisotopic (exact) mass is 174 g/mol. The maximum Gasteiger partial charge on any atom is 0.194 e. The molecule has 2 unspecified atom stereocenters. The Morgan fingerprint density at radius 3 is 2.67 bits per heavy atom. The molecule has 0 bridgehead atoms. The first-order valence-electron chi connectivity index (χ1n) is 4.34. The van der Waals surface area contributed by atoms with Crippen LogP contribution in [0.4, 0.5) is 0 Å². The summed E-state index contributed by atoms with van der Waals surface area (Å²) in [6, 6.07) is 0. The van der Waals surface area contributed by atoms with E-state index in [0.717, 1.165) is 0 Å². The van der Waals surface area contributed by atoms with Crippen molar-refractivity contribution in [1.82, 2.24) is 0 Å². The van der Waals surface area contributed by atoms with Crippen LogP contribution in [0.1, 0.15) is 12.8 Å². The summed E-state index contributed by atoms with van der Waals surface area (Å²) in [7, 11) is 0. The Kier molecular flexibility index (Phi) is 2.32. The van der Waals surface area contributed by atoms with E-state index in [1.54, 1.807) is 0 Å². The van der Waals surface area contributed by atoms with Gasteiger partial charge in [0.1, 0.15) is 6.61 Å². The summed E-state index contributed by atoms with van der Waals surface area (Å²) in [5, 5.41) is 9.41. The minimum Gasteiger partial charge on any atom is -0.393 e. The van der Waals surface area contributed by atoms with Crippen LogP contribution in [0.3, 0.4) is 0 Å². The summed E-state index contributed by atoms with van der Waals surface area (Å²) in [6.45, 7) is 2.20. The summed E-state index contributed by atoms with van der Waals surface area (Å²) >= 11 is 0. The molecule has 2 fully saturated rings. The number of hydrogen-bond acceptors (Lipinski definition) is 4. The fraction of sp³-hybridized carbons (Fsp3) is 1.00. The SMILES string of the molecule is OC1CCOC2(COCCO2)C1. The number of rotatable bonds is 0. The molecule has 70 valence electrons. The predicted molar refractivity (Wildman–Crippen MR) is 40.7 cm³/mol. The predicted octanol–water partition coefficient (Wildman–Crippen LogP) is -0.0992. The molecule has 2 aliphatic rings. The zero-order valence-electron chi connectivity index (χ0n) is 6.99. The van der Waals surface area contributed by atoms with Gasteiger partial charge in [-0.25, -0.2) is 0 Å². The van der Waals surface area contributed by atoms with E-state index in [0.29, 0.717) is 39.3 Å². The van der Waals surface area contributed by atoms with Gasteiger partial charge in [0.15, 0.2) is 5.79 Å². The Morgan fingerprint density at radius 1 is 1.17 bits per heavy atom. The number of aliphatic hydroxyl groups excluding tert-OH is 1. The van der Waals surface area contributed by atoms with E-state index in [9.17, 15) is 5.11 Å². The Balaban J connectivity index is 1.97. The molecular weight excluding hydrogens is 160 g/mol. The average molecular weight is 174 g/mol. The molecule has 4 heteroatoms. The summed E-state index contributed by atoms with van der Waals surface area (Å²) in [6.07, 6.45) is 0.929. The minimum absolute atomic E-state index is 0.305. The van der Waals surface area contributed by atoms with Gasteiger partial charge in [-0.05, 0) is 6.42 Å². The van der Waals surface area contributed by atoms with Crippen LogP contribution in [-0.4, -0.2) is 43.4 Å². The van der Waals surface area contributed by atoms with Crippen LogP contribution in [0.2, 0.25) is 0 Å². The average Bonchev–Trinajstić information content (AvgIpc) is 2.05. The molecule has 0 saturated carbocycles. The van der Waals surface area contributed by atoms with Gasteiger partial charge in [0, 0.05) is 6.42 Å². The van der Waals surface area contributed by atoms with Crippen LogP contribution in [-0.2, 0) is 14.2 Å². The molecule has 0 aliphatic carbocycles. The molecular formula is C8H14O4. The van der Waals surface area contributed by atoms with Gasteiger partial charge in [0.05, 0.1) is 25.9 Å². The molecule has 1 N–H and O–H groups in total. The molecule has 2 heterocycles. The fourth-order valence-corrected chi connectivity index (χ4v) is 1.66. The van der Waals surface area contributed by atoms with Crippen LogP contribution >= 0.6 is 0 Å². The molecule has 4 nitrogen and oxygen atoms in total. The molecule has 12 heavy (non-hydrogen) atoms. The summed E-state index contributed by atoms with van der Waals surface area (Å²) in [5.74, 6) is -0.643. The lowest BCUT2D eigenvalue weighted by Crippen LogP contribution is -2.51. The van der Waals surface area contributed by atoms with Crippen LogP contribution in [0.15, 0.2) is 0 Å². The third-order valence-corrected chi connectivity index (χ3v) is 2.28. The standard InChI is InChI=1S/C8H14O4/c9-7-1-2-11-8(5-7)6-10-3-4-12-8/h7,9H,1-6H2. The number of aliphatic hydroxyl groups is 1. The molecule has 0 aromatic rings. The van der Waals surface area contributed by atoms with Gasteiger partial charge in [-0.3, -0.25) is 0 Å². The van der Waals surface area contributed by atoms with Gasteiger partial charge in [-0.15, -0.1) is 0 Å². The first kappa shape index (κ1) is 8.44. The van der Waals surface area contributed by atoms with E-state index in [1.807, 2.05) is 0 Å². The topological polar surface area (TPSA) is 47.9 Å². The summed E-state index contributed by atoms with van der Waals surface area (Å²) in [4.78, 5) is 0. The number of hydrogen-bond donors (Lipinski definition) is 1. The van der Waals surface area contributed by atoms with Crippen molar-refractivity contribution in [3.63, 3.8) is 0 Å². The number of ether oxygens (including phenoxy) is 3. The van der Waals surface area contributed by atoms with Crippen LogP contribution < -0.4 is 0 Å². The van der Waals surface area contributed by atoms with Gasteiger partial charge >= 0.3 is 0 Å². The Bertz CT molecular complexity index is 148. The second-order valence-corrected chi connectivity index (χ2v) is 3.31. The molecule has 0 aromatic carbocycles. The lowest BCUT2D eigenvalue weighted by molar-refractivity contribution is -0.317. The van der Waals surface area contributed by atoms with E-state index in [4.69, 9.17) is 14.2 Å². The Labute approximate surface area is 71.4 Å². The van der Waals surface area contributed by atoms with Crippen LogP contribution in [0.25, 0.3) is 0 Å². The van der Waals surface area contributed by atoms with E-state index in [1.165, 1.54) is 0 Å². The lowest BCUT2D eigenvalue weighted by atomic mass is 10.0. The zero-order chi connectivity index (χ0) is 8.44. The largest absolute Gasteiger partial charge is 0.393 e.